The number of aromatic nitrogens is 2. The summed E-state index contributed by atoms with van der Waals surface area (Å²) in [6.45, 7) is 0. The Morgan fingerprint density at radius 3 is 2.81 bits per heavy atom. The number of hydrogen-bond donors (Lipinski definition) is 1. The van der Waals surface area contributed by atoms with Gasteiger partial charge in [0.15, 0.2) is 5.16 Å². The van der Waals surface area contributed by atoms with Crippen LogP contribution in [0.4, 0.5) is 10.1 Å². The number of thioether (sulfide) groups is 1. The molecule has 9 heteroatoms. The van der Waals surface area contributed by atoms with Gasteiger partial charge in [-0.15, -0.1) is 0 Å². The lowest BCUT2D eigenvalue weighted by atomic mass is 10.1. The molecule has 1 heterocycles. The van der Waals surface area contributed by atoms with Gasteiger partial charge in [-0.05, 0) is 12.3 Å². The zero-order valence-electron chi connectivity index (χ0n) is 10.6. The number of benzene rings is 1. The third kappa shape index (κ3) is 2.75. The van der Waals surface area contributed by atoms with Crippen molar-refractivity contribution < 1.29 is 9.31 Å². The topological polar surface area (TPSA) is 113 Å². The lowest BCUT2D eigenvalue weighted by molar-refractivity contribution is -0.384. The first-order valence-corrected chi connectivity index (χ1v) is 6.73. The van der Waals surface area contributed by atoms with E-state index in [0.717, 1.165) is 30.0 Å². The molecule has 1 aromatic carbocycles. The summed E-state index contributed by atoms with van der Waals surface area (Å²) in [5, 5.41) is 20.0. The molecular weight excluding hydrogens is 299 g/mol. The van der Waals surface area contributed by atoms with E-state index in [0.29, 0.717) is 0 Å². The van der Waals surface area contributed by atoms with E-state index < -0.39 is 21.9 Å². The molecule has 1 aromatic heterocycles. The van der Waals surface area contributed by atoms with Crippen LogP contribution in [0.5, 0.6) is 0 Å². The Morgan fingerprint density at radius 2 is 2.24 bits per heavy atom. The number of nitriles is 1. The molecule has 0 atom stereocenters. The van der Waals surface area contributed by atoms with Crippen LogP contribution in [-0.4, -0.2) is 21.1 Å². The number of aromatic amines is 1. The van der Waals surface area contributed by atoms with Gasteiger partial charge in [-0.25, -0.2) is 9.37 Å². The van der Waals surface area contributed by atoms with Crippen molar-refractivity contribution >= 4 is 17.4 Å². The maximum Gasteiger partial charge on any atom is 0.270 e. The molecule has 2 aromatic rings. The van der Waals surface area contributed by atoms with Gasteiger partial charge in [-0.1, -0.05) is 11.8 Å². The largest absolute Gasteiger partial charge is 0.300 e. The van der Waals surface area contributed by atoms with Crippen LogP contribution in [0.1, 0.15) is 5.56 Å². The van der Waals surface area contributed by atoms with Crippen LogP contribution >= 0.6 is 11.8 Å². The maximum atomic E-state index is 13.9. The minimum Gasteiger partial charge on any atom is -0.300 e. The van der Waals surface area contributed by atoms with Gasteiger partial charge in [0.25, 0.3) is 11.2 Å². The molecule has 0 fully saturated rings. The van der Waals surface area contributed by atoms with Gasteiger partial charge in [-0.3, -0.25) is 14.9 Å². The van der Waals surface area contributed by atoms with Gasteiger partial charge in [0.1, 0.15) is 17.4 Å². The normalized spacial score (nSPS) is 10.1. The van der Waals surface area contributed by atoms with Crippen molar-refractivity contribution in [2.24, 2.45) is 0 Å². The quantitative estimate of drug-likeness (QED) is 0.402. The van der Waals surface area contributed by atoms with Crippen LogP contribution < -0.4 is 5.56 Å². The van der Waals surface area contributed by atoms with Crippen LogP contribution in [0, 0.1) is 27.3 Å². The molecule has 0 radical (unpaired) electrons. The molecule has 1 N–H and O–H groups in total. The summed E-state index contributed by atoms with van der Waals surface area (Å²) < 4.78 is 13.9. The van der Waals surface area contributed by atoms with Crippen molar-refractivity contribution in [3.05, 3.63) is 50.0 Å². The smallest absolute Gasteiger partial charge is 0.270 e. The fraction of sp³-hybridized carbons (Fsp3) is 0.0833. The van der Waals surface area contributed by atoms with Crippen LogP contribution in [0.15, 0.2) is 28.2 Å². The second kappa shape index (κ2) is 5.72. The molecule has 0 unspecified atom stereocenters. The average Bonchev–Trinajstić information content (AvgIpc) is 2.46. The number of nitrogens with zero attached hydrogens (tertiary/aromatic N) is 3. The summed E-state index contributed by atoms with van der Waals surface area (Å²) in [4.78, 5) is 28.2. The van der Waals surface area contributed by atoms with Crippen molar-refractivity contribution in [3.63, 3.8) is 0 Å². The van der Waals surface area contributed by atoms with Crippen molar-refractivity contribution in [3.8, 4) is 17.3 Å². The summed E-state index contributed by atoms with van der Waals surface area (Å²) in [7, 11) is 0. The van der Waals surface area contributed by atoms with Crippen molar-refractivity contribution in [1.82, 2.24) is 9.97 Å². The number of nitrogens with one attached hydrogen (secondary N) is 1. The molecule has 0 spiro atoms. The highest BCUT2D eigenvalue weighted by molar-refractivity contribution is 7.98. The predicted octanol–water partition coefficient (Wildman–Crippen LogP) is 2.08. The van der Waals surface area contributed by atoms with Crippen LogP contribution in [0.3, 0.4) is 0 Å². The number of H-pyrrole nitrogens is 1. The third-order valence-corrected chi connectivity index (χ3v) is 3.20. The summed E-state index contributed by atoms with van der Waals surface area (Å²) in [6.07, 6.45) is 1.64. The minimum absolute atomic E-state index is 0.180. The van der Waals surface area contributed by atoms with E-state index in [-0.39, 0.29) is 22.1 Å². The molecule has 2 rings (SSSR count). The van der Waals surface area contributed by atoms with Crippen LogP contribution in [-0.2, 0) is 0 Å². The first-order chi connectivity index (χ1) is 9.97. The van der Waals surface area contributed by atoms with Gasteiger partial charge in [0, 0.05) is 17.7 Å². The van der Waals surface area contributed by atoms with Crippen molar-refractivity contribution in [2.45, 2.75) is 5.16 Å². The minimum atomic E-state index is -0.803. The van der Waals surface area contributed by atoms with Crippen molar-refractivity contribution in [1.29, 1.82) is 5.26 Å². The number of halogens is 1. The Balaban J connectivity index is 2.80. The van der Waals surface area contributed by atoms with E-state index in [2.05, 4.69) is 9.97 Å². The van der Waals surface area contributed by atoms with E-state index >= 15 is 0 Å². The summed E-state index contributed by atoms with van der Waals surface area (Å²) in [5.74, 6) is -0.803. The molecule has 0 bridgehead atoms. The first kappa shape index (κ1) is 14.7. The molecule has 106 valence electrons. The standard InChI is InChI=1S/C12H7FN4O3S/c1-21-12-15-10(8(5-14)11(18)16-12)7-4-6(17(19)20)2-3-9(7)13/h2-4H,1H3,(H,15,16,18). The molecule has 7 nitrogen and oxygen atoms in total. The van der Waals surface area contributed by atoms with E-state index in [4.69, 9.17) is 5.26 Å². The molecule has 0 saturated heterocycles. The van der Waals surface area contributed by atoms with Gasteiger partial charge < -0.3 is 4.98 Å². The summed E-state index contributed by atoms with van der Waals surface area (Å²) in [6, 6.07) is 4.48. The summed E-state index contributed by atoms with van der Waals surface area (Å²) >= 11 is 1.09. The molecule has 0 aliphatic heterocycles. The Kier molecular flexibility index (Phi) is 4.00. The van der Waals surface area contributed by atoms with Crippen LogP contribution in [0.2, 0.25) is 0 Å². The van der Waals surface area contributed by atoms with Gasteiger partial charge >= 0.3 is 0 Å². The highest BCUT2D eigenvalue weighted by Gasteiger charge is 2.19. The molecular formula is C12H7FN4O3S. The van der Waals surface area contributed by atoms with Gasteiger partial charge in [0.05, 0.1) is 10.6 Å². The number of hydrogen-bond acceptors (Lipinski definition) is 6. The second-order valence-electron chi connectivity index (χ2n) is 3.83. The molecule has 0 aliphatic carbocycles. The fourth-order valence-corrected chi connectivity index (χ4v) is 2.03. The maximum absolute atomic E-state index is 13.9. The van der Waals surface area contributed by atoms with Gasteiger partial charge in [-0.2, -0.15) is 5.26 Å². The van der Waals surface area contributed by atoms with E-state index in [9.17, 15) is 19.3 Å². The Morgan fingerprint density at radius 1 is 1.52 bits per heavy atom. The SMILES string of the molecule is CSc1nc(-c2cc([N+](=O)[O-])ccc2F)c(C#N)c(=O)[nH]1. The monoisotopic (exact) mass is 306 g/mol. The van der Waals surface area contributed by atoms with E-state index in [1.807, 2.05) is 0 Å². The van der Waals surface area contributed by atoms with Gasteiger partial charge in [0.2, 0.25) is 0 Å². The molecule has 0 saturated carbocycles. The van der Waals surface area contributed by atoms with Crippen LogP contribution in [0.25, 0.3) is 11.3 Å². The average molecular weight is 306 g/mol. The Bertz CT molecular complexity index is 828. The molecule has 0 amide bonds. The second-order valence-corrected chi connectivity index (χ2v) is 4.63. The number of rotatable bonds is 3. The number of nitro benzene ring substituents is 1. The zero-order valence-corrected chi connectivity index (χ0v) is 11.4. The lowest BCUT2D eigenvalue weighted by Gasteiger charge is -2.06. The fourth-order valence-electron chi connectivity index (χ4n) is 1.66. The third-order valence-electron chi connectivity index (χ3n) is 2.62. The number of non-ortho nitro benzene ring substituents is 1. The first-order valence-electron chi connectivity index (χ1n) is 5.50. The highest BCUT2D eigenvalue weighted by Crippen LogP contribution is 2.27. The summed E-state index contributed by atoms with van der Waals surface area (Å²) in [5.41, 5.74) is -1.96. The highest BCUT2D eigenvalue weighted by atomic mass is 32.2. The Hall–Kier alpha value is -2.73. The lowest BCUT2D eigenvalue weighted by Crippen LogP contribution is -2.15. The van der Waals surface area contributed by atoms with E-state index in [1.165, 1.54) is 0 Å². The zero-order chi connectivity index (χ0) is 15.6. The molecule has 21 heavy (non-hydrogen) atoms. The number of nitro groups is 1. The van der Waals surface area contributed by atoms with Crippen molar-refractivity contribution in [2.75, 3.05) is 6.26 Å². The Labute approximate surface area is 121 Å². The molecule has 0 aliphatic rings. The van der Waals surface area contributed by atoms with E-state index in [1.54, 1.807) is 12.3 Å². The predicted molar refractivity (Wildman–Crippen MR) is 73.4 cm³/mol.